The molecule has 3 rings (SSSR count). The van der Waals surface area contributed by atoms with Gasteiger partial charge in [0.1, 0.15) is 12.1 Å². The molecule has 0 amide bonds. The lowest BCUT2D eigenvalue weighted by molar-refractivity contribution is 0.903. The summed E-state index contributed by atoms with van der Waals surface area (Å²) in [7, 11) is 0. The van der Waals surface area contributed by atoms with Gasteiger partial charge in [0.25, 0.3) is 5.78 Å². The molecule has 2 heterocycles. The van der Waals surface area contributed by atoms with Crippen LogP contribution in [0.2, 0.25) is 0 Å². The highest BCUT2D eigenvalue weighted by atomic mass is 15.4. The zero-order valence-electron chi connectivity index (χ0n) is 12.8. The number of fused-ring (bicyclic) bond motifs is 1. The molecule has 0 saturated heterocycles. The quantitative estimate of drug-likeness (QED) is 0.800. The van der Waals surface area contributed by atoms with Crippen molar-refractivity contribution in [3.05, 3.63) is 46.9 Å². The van der Waals surface area contributed by atoms with Gasteiger partial charge in [0, 0.05) is 16.9 Å². The highest BCUT2D eigenvalue weighted by Gasteiger charge is 2.13. The normalized spacial score (nSPS) is 11.0. The molecule has 0 unspecified atom stereocenters. The van der Waals surface area contributed by atoms with Crippen molar-refractivity contribution in [2.45, 2.75) is 34.1 Å². The van der Waals surface area contributed by atoms with Crippen molar-refractivity contribution in [2.24, 2.45) is 0 Å². The minimum atomic E-state index is 0.622. The van der Waals surface area contributed by atoms with Crippen LogP contribution in [0.25, 0.3) is 5.78 Å². The molecule has 0 aliphatic rings. The maximum Gasteiger partial charge on any atom is 0.254 e. The van der Waals surface area contributed by atoms with Crippen molar-refractivity contribution < 1.29 is 0 Å². The molecule has 0 aliphatic heterocycles. The molecule has 1 aromatic carbocycles. The monoisotopic (exact) mass is 281 g/mol. The number of nitrogens with one attached hydrogen (secondary N) is 1. The predicted molar refractivity (Wildman–Crippen MR) is 84.1 cm³/mol. The summed E-state index contributed by atoms with van der Waals surface area (Å²) in [4.78, 5) is 8.69. The minimum Gasteiger partial charge on any atom is -0.340 e. The lowest BCUT2D eigenvalue weighted by Crippen LogP contribution is -2.08. The van der Waals surface area contributed by atoms with Gasteiger partial charge in [-0.05, 0) is 50.5 Å². The third-order valence-electron chi connectivity index (χ3n) is 3.57. The summed E-state index contributed by atoms with van der Waals surface area (Å²) in [6.45, 7) is 8.34. The third kappa shape index (κ3) is 2.46. The first-order valence-electron chi connectivity index (χ1n) is 7.13. The number of hydrogen-bond acceptors (Lipinski definition) is 4. The maximum absolute atomic E-state index is 4.49. The Kier molecular flexibility index (Phi) is 3.33. The molecule has 0 radical (unpaired) electrons. The zero-order valence-corrected chi connectivity index (χ0v) is 12.8. The molecule has 5 nitrogen and oxygen atoms in total. The molecule has 2 aromatic heterocycles. The lowest BCUT2D eigenvalue weighted by atomic mass is 10.1. The Balaban J connectivity index is 2.16. The molecule has 5 heteroatoms. The molecule has 0 spiro atoms. The number of aryl methyl sites for hydroxylation is 3. The summed E-state index contributed by atoms with van der Waals surface area (Å²) >= 11 is 0. The second-order valence-corrected chi connectivity index (χ2v) is 5.35. The molecule has 1 N–H and O–H groups in total. The Bertz CT molecular complexity index is 784. The van der Waals surface area contributed by atoms with Gasteiger partial charge in [-0.15, -0.1) is 0 Å². The summed E-state index contributed by atoms with van der Waals surface area (Å²) in [5.41, 5.74) is 5.67. The molecule has 0 atom stereocenters. The van der Waals surface area contributed by atoms with Crippen molar-refractivity contribution >= 4 is 17.3 Å². The number of nitrogens with zero attached hydrogens (tertiary/aromatic N) is 4. The largest absolute Gasteiger partial charge is 0.340 e. The Morgan fingerprint density at radius 1 is 1.10 bits per heavy atom. The molecule has 3 aromatic rings. The van der Waals surface area contributed by atoms with Gasteiger partial charge < -0.3 is 5.32 Å². The van der Waals surface area contributed by atoms with Crippen LogP contribution in [0, 0.1) is 20.8 Å². The Morgan fingerprint density at radius 3 is 2.48 bits per heavy atom. The molecule has 0 aliphatic carbocycles. The lowest BCUT2D eigenvalue weighted by Gasteiger charge is -2.15. The average molecular weight is 281 g/mol. The van der Waals surface area contributed by atoms with Gasteiger partial charge in [-0.3, -0.25) is 0 Å². The van der Waals surface area contributed by atoms with Crippen LogP contribution in [0.15, 0.2) is 24.5 Å². The zero-order chi connectivity index (χ0) is 15.0. The van der Waals surface area contributed by atoms with E-state index in [1.165, 1.54) is 17.5 Å². The fourth-order valence-corrected chi connectivity index (χ4v) is 2.72. The van der Waals surface area contributed by atoms with E-state index in [0.29, 0.717) is 5.78 Å². The van der Waals surface area contributed by atoms with E-state index in [1.807, 2.05) is 6.92 Å². The average Bonchev–Trinajstić information content (AvgIpc) is 2.85. The van der Waals surface area contributed by atoms with Crippen LogP contribution >= 0.6 is 0 Å². The summed E-state index contributed by atoms with van der Waals surface area (Å²) in [5.74, 6) is 1.57. The number of hydrogen-bond donors (Lipinski definition) is 1. The molecule has 0 bridgehead atoms. The summed E-state index contributed by atoms with van der Waals surface area (Å²) < 4.78 is 1.77. The molecule has 0 fully saturated rings. The van der Waals surface area contributed by atoms with Gasteiger partial charge in [-0.25, -0.2) is 4.98 Å². The van der Waals surface area contributed by atoms with Crippen LogP contribution in [0.5, 0.6) is 0 Å². The van der Waals surface area contributed by atoms with E-state index in [4.69, 9.17) is 0 Å². The van der Waals surface area contributed by atoms with Crippen molar-refractivity contribution in [3.63, 3.8) is 0 Å². The van der Waals surface area contributed by atoms with E-state index < -0.39 is 0 Å². The summed E-state index contributed by atoms with van der Waals surface area (Å²) in [6.07, 6.45) is 2.43. The van der Waals surface area contributed by atoms with Crippen molar-refractivity contribution in [1.29, 1.82) is 0 Å². The SMILES string of the molecule is CCc1c(C)nc2ncnn2c1Nc1cc(C)cc(C)c1. The second-order valence-electron chi connectivity index (χ2n) is 5.35. The van der Waals surface area contributed by atoms with Crippen molar-refractivity contribution in [1.82, 2.24) is 19.6 Å². The first kappa shape index (κ1) is 13.5. The topological polar surface area (TPSA) is 55.1 Å². The fraction of sp³-hybridized carbons (Fsp3) is 0.312. The van der Waals surface area contributed by atoms with Gasteiger partial charge in [0.15, 0.2) is 0 Å². The predicted octanol–water partition coefficient (Wildman–Crippen LogP) is 3.36. The van der Waals surface area contributed by atoms with Gasteiger partial charge in [-0.2, -0.15) is 14.6 Å². The highest BCUT2D eigenvalue weighted by Crippen LogP contribution is 2.25. The number of aromatic nitrogens is 4. The van der Waals surface area contributed by atoms with Crippen molar-refractivity contribution in [2.75, 3.05) is 5.32 Å². The fourth-order valence-electron chi connectivity index (χ4n) is 2.72. The van der Waals surface area contributed by atoms with E-state index in [9.17, 15) is 0 Å². The first-order chi connectivity index (χ1) is 10.1. The molecular weight excluding hydrogens is 262 g/mol. The van der Waals surface area contributed by atoms with Crippen LogP contribution in [-0.2, 0) is 6.42 Å². The molecule has 108 valence electrons. The first-order valence-corrected chi connectivity index (χ1v) is 7.13. The number of rotatable bonds is 3. The Morgan fingerprint density at radius 2 is 1.81 bits per heavy atom. The van der Waals surface area contributed by atoms with Gasteiger partial charge in [-0.1, -0.05) is 13.0 Å². The van der Waals surface area contributed by atoms with Crippen molar-refractivity contribution in [3.8, 4) is 0 Å². The van der Waals surface area contributed by atoms with Crippen LogP contribution in [0.4, 0.5) is 11.5 Å². The van der Waals surface area contributed by atoms with E-state index >= 15 is 0 Å². The number of anilines is 2. The maximum atomic E-state index is 4.49. The molecular formula is C16H19N5. The van der Waals surface area contributed by atoms with Gasteiger partial charge in [0.05, 0.1) is 0 Å². The van der Waals surface area contributed by atoms with Gasteiger partial charge in [0.2, 0.25) is 0 Å². The Hall–Kier alpha value is -2.43. The van der Waals surface area contributed by atoms with E-state index in [0.717, 1.165) is 29.2 Å². The van der Waals surface area contributed by atoms with Gasteiger partial charge >= 0.3 is 0 Å². The molecule has 0 saturated carbocycles. The Labute approximate surface area is 124 Å². The van der Waals surface area contributed by atoms with Crippen LogP contribution in [0.1, 0.15) is 29.3 Å². The smallest absolute Gasteiger partial charge is 0.254 e. The summed E-state index contributed by atoms with van der Waals surface area (Å²) in [6, 6.07) is 6.42. The minimum absolute atomic E-state index is 0.622. The van der Waals surface area contributed by atoms with E-state index in [2.05, 4.69) is 59.4 Å². The highest BCUT2D eigenvalue weighted by molar-refractivity contribution is 5.64. The molecule has 21 heavy (non-hydrogen) atoms. The van der Waals surface area contributed by atoms with Crippen LogP contribution in [-0.4, -0.2) is 19.6 Å². The van der Waals surface area contributed by atoms with E-state index in [1.54, 1.807) is 4.52 Å². The van der Waals surface area contributed by atoms with E-state index in [-0.39, 0.29) is 0 Å². The van der Waals surface area contributed by atoms with Crippen LogP contribution in [0.3, 0.4) is 0 Å². The number of benzene rings is 1. The summed E-state index contributed by atoms with van der Waals surface area (Å²) in [5, 5.41) is 7.79. The third-order valence-corrected chi connectivity index (χ3v) is 3.57. The standard InChI is InChI=1S/C16H19N5/c1-5-14-12(4)19-16-17-9-18-21(16)15(14)20-13-7-10(2)6-11(3)8-13/h6-9,20H,5H2,1-4H3. The second kappa shape index (κ2) is 5.16. The van der Waals surface area contributed by atoms with Crippen LogP contribution < -0.4 is 5.32 Å².